The van der Waals surface area contributed by atoms with Crippen LogP contribution in [0.15, 0.2) is 12.5 Å². The number of hydrogen-bond donors (Lipinski definition) is 6. The summed E-state index contributed by atoms with van der Waals surface area (Å²) in [4.78, 5) is 58.0. The third-order valence-corrected chi connectivity index (χ3v) is 5.54. The molecule has 0 bridgehead atoms. The fourth-order valence-corrected chi connectivity index (χ4v) is 3.83. The largest absolute Gasteiger partial charge is 0.480 e. The number of rotatable bonds is 11. The van der Waals surface area contributed by atoms with Crippen LogP contribution < -0.4 is 16.4 Å². The van der Waals surface area contributed by atoms with Crippen molar-refractivity contribution in [3.8, 4) is 0 Å². The number of aromatic amines is 1. The molecule has 5 atom stereocenters. The zero-order valence-electron chi connectivity index (χ0n) is 19.2. The van der Waals surface area contributed by atoms with Gasteiger partial charge in [-0.15, -0.1) is 0 Å². The summed E-state index contributed by atoms with van der Waals surface area (Å²) >= 11 is 0. The minimum Gasteiger partial charge on any atom is -0.480 e. The lowest BCUT2D eigenvalue weighted by molar-refractivity contribution is -0.149. The highest BCUT2D eigenvalue weighted by Gasteiger charge is 2.39. The van der Waals surface area contributed by atoms with E-state index in [0.717, 1.165) is 0 Å². The number of aliphatic hydroxyl groups excluding tert-OH is 1. The molecule has 0 aromatic carbocycles. The molecule has 0 aliphatic carbocycles. The topological polar surface area (TPSA) is 191 Å². The monoisotopic (exact) mass is 466 g/mol. The summed E-state index contributed by atoms with van der Waals surface area (Å²) < 4.78 is 0. The Morgan fingerprint density at radius 2 is 1.94 bits per heavy atom. The molecule has 1 aliphatic rings. The van der Waals surface area contributed by atoms with Crippen LogP contribution in [0.2, 0.25) is 0 Å². The van der Waals surface area contributed by atoms with Crippen molar-refractivity contribution in [2.24, 2.45) is 11.7 Å². The molecule has 0 saturated carbocycles. The van der Waals surface area contributed by atoms with Crippen LogP contribution in [0.1, 0.15) is 45.7 Å². The lowest BCUT2D eigenvalue weighted by atomic mass is 10.0. The molecule has 1 aromatic rings. The van der Waals surface area contributed by atoms with Gasteiger partial charge in [-0.2, -0.15) is 0 Å². The first kappa shape index (κ1) is 26.3. The number of carboxylic acid groups (broad SMARTS) is 1. The van der Waals surface area contributed by atoms with Gasteiger partial charge in [-0.05, 0) is 32.1 Å². The fourth-order valence-electron chi connectivity index (χ4n) is 3.83. The van der Waals surface area contributed by atoms with Crippen molar-refractivity contribution in [3.63, 3.8) is 0 Å². The molecule has 1 aromatic heterocycles. The van der Waals surface area contributed by atoms with E-state index in [1.54, 1.807) is 0 Å². The number of amides is 3. The van der Waals surface area contributed by atoms with Crippen molar-refractivity contribution in [1.29, 1.82) is 0 Å². The van der Waals surface area contributed by atoms with Crippen LogP contribution in [-0.2, 0) is 25.6 Å². The number of carbonyl (C=O) groups is 4. The first-order valence-electron chi connectivity index (χ1n) is 11.1. The summed E-state index contributed by atoms with van der Waals surface area (Å²) in [5.41, 5.74) is 6.55. The molecule has 184 valence electrons. The molecule has 1 aliphatic heterocycles. The third kappa shape index (κ3) is 7.26. The van der Waals surface area contributed by atoms with E-state index in [4.69, 9.17) is 5.73 Å². The molecule has 0 spiro atoms. The summed E-state index contributed by atoms with van der Waals surface area (Å²) in [5, 5.41) is 24.6. The maximum absolute atomic E-state index is 13.1. The maximum atomic E-state index is 13.1. The molecule has 1 saturated heterocycles. The normalized spacial score (nSPS) is 19.6. The van der Waals surface area contributed by atoms with Crippen molar-refractivity contribution in [3.05, 3.63) is 18.2 Å². The Kier molecular flexibility index (Phi) is 9.35. The van der Waals surface area contributed by atoms with Crippen LogP contribution in [0.25, 0.3) is 0 Å². The quantitative estimate of drug-likeness (QED) is 0.233. The molecule has 1 fully saturated rings. The van der Waals surface area contributed by atoms with Gasteiger partial charge in [0.25, 0.3) is 0 Å². The van der Waals surface area contributed by atoms with Gasteiger partial charge in [-0.25, -0.2) is 9.78 Å². The zero-order valence-corrected chi connectivity index (χ0v) is 19.2. The summed E-state index contributed by atoms with van der Waals surface area (Å²) in [5.74, 6) is -2.96. The summed E-state index contributed by atoms with van der Waals surface area (Å²) in [6.07, 6.45) is 3.05. The summed E-state index contributed by atoms with van der Waals surface area (Å²) in [6.45, 7) is 5.37. The zero-order chi connectivity index (χ0) is 24.7. The average molecular weight is 467 g/mol. The molecule has 2 heterocycles. The first-order valence-corrected chi connectivity index (χ1v) is 11.1. The minimum atomic E-state index is -1.35. The molecular formula is C21H34N6O6. The fraction of sp³-hybridized carbons (Fsp3) is 0.667. The molecule has 3 amide bonds. The number of carbonyl (C=O) groups excluding carboxylic acids is 3. The van der Waals surface area contributed by atoms with Crippen molar-refractivity contribution in [2.45, 2.75) is 76.7 Å². The molecule has 12 nitrogen and oxygen atoms in total. The van der Waals surface area contributed by atoms with E-state index in [0.29, 0.717) is 25.1 Å². The van der Waals surface area contributed by atoms with Gasteiger partial charge in [-0.1, -0.05) is 13.8 Å². The Hall–Kier alpha value is -2.99. The Morgan fingerprint density at radius 3 is 2.48 bits per heavy atom. The van der Waals surface area contributed by atoms with Gasteiger partial charge in [0.05, 0.1) is 18.5 Å². The predicted octanol–water partition coefficient (Wildman–Crippen LogP) is -1.25. The van der Waals surface area contributed by atoms with E-state index in [2.05, 4.69) is 20.6 Å². The number of H-pyrrole nitrogens is 1. The van der Waals surface area contributed by atoms with Crippen LogP contribution in [-0.4, -0.2) is 85.6 Å². The second-order valence-electron chi connectivity index (χ2n) is 8.83. The number of nitrogens with one attached hydrogen (secondary N) is 3. The van der Waals surface area contributed by atoms with Crippen LogP contribution in [0, 0.1) is 5.92 Å². The number of carboxylic acids is 1. The number of nitrogens with two attached hydrogens (primary N) is 1. The number of imidazole rings is 1. The number of aliphatic hydroxyl groups is 1. The Labute approximate surface area is 192 Å². The summed E-state index contributed by atoms with van der Waals surface area (Å²) in [7, 11) is 0. The van der Waals surface area contributed by atoms with Crippen molar-refractivity contribution in [2.75, 3.05) is 6.54 Å². The van der Waals surface area contributed by atoms with Gasteiger partial charge in [0, 0.05) is 24.9 Å². The molecule has 2 rings (SSSR count). The van der Waals surface area contributed by atoms with Crippen molar-refractivity contribution < 1.29 is 29.4 Å². The number of nitrogens with zero attached hydrogens (tertiary/aromatic N) is 2. The first-order chi connectivity index (χ1) is 15.5. The number of aliphatic carboxylic acids is 1. The van der Waals surface area contributed by atoms with Crippen LogP contribution in [0.3, 0.4) is 0 Å². The standard InChI is InChI=1S/C21H34N6O6/c1-11(2)7-15(20(31)27-6-4-5-16(27)21(32)33)25-19(30)17(12(3)28)26-18(29)14(22)8-13-9-23-10-24-13/h9-12,14-17,28H,4-8,22H2,1-3H3,(H,23,24)(H,25,30)(H,26,29)(H,32,33)/t12-,14+,15+,16+,17+/m1/s1. The molecule has 33 heavy (non-hydrogen) atoms. The van der Waals surface area contributed by atoms with Gasteiger partial charge in [-0.3, -0.25) is 14.4 Å². The lowest BCUT2D eigenvalue weighted by Crippen LogP contribution is -2.60. The van der Waals surface area contributed by atoms with Gasteiger partial charge in [0.15, 0.2) is 0 Å². The van der Waals surface area contributed by atoms with E-state index in [1.165, 1.54) is 24.3 Å². The molecule has 0 radical (unpaired) electrons. The van der Waals surface area contributed by atoms with Gasteiger partial charge in [0.2, 0.25) is 17.7 Å². The molecular weight excluding hydrogens is 432 g/mol. The van der Waals surface area contributed by atoms with E-state index < -0.39 is 54.0 Å². The van der Waals surface area contributed by atoms with Crippen LogP contribution in [0.5, 0.6) is 0 Å². The summed E-state index contributed by atoms with van der Waals surface area (Å²) in [6, 6.07) is -4.26. The molecule has 12 heteroatoms. The maximum Gasteiger partial charge on any atom is 0.326 e. The third-order valence-electron chi connectivity index (χ3n) is 5.54. The lowest BCUT2D eigenvalue weighted by Gasteiger charge is -2.30. The second-order valence-corrected chi connectivity index (χ2v) is 8.83. The smallest absolute Gasteiger partial charge is 0.326 e. The van der Waals surface area contributed by atoms with E-state index in [-0.39, 0.29) is 18.8 Å². The van der Waals surface area contributed by atoms with E-state index >= 15 is 0 Å². The Balaban J connectivity index is 2.09. The van der Waals surface area contributed by atoms with Crippen molar-refractivity contribution >= 4 is 23.7 Å². The van der Waals surface area contributed by atoms with E-state index in [1.807, 2.05) is 13.8 Å². The van der Waals surface area contributed by atoms with Crippen molar-refractivity contribution in [1.82, 2.24) is 25.5 Å². The highest BCUT2D eigenvalue weighted by molar-refractivity contribution is 5.94. The van der Waals surface area contributed by atoms with Crippen LogP contribution >= 0.6 is 0 Å². The second kappa shape index (κ2) is 11.8. The molecule has 0 unspecified atom stereocenters. The van der Waals surface area contributed by atoms with Gasteiger partial charge >= 0.3 is 5.97 Å². The average Bonchev–Trinajstić information content (AvgIpc) is 3.41. The van der Waals surface area contributed by atoms with Gasteiger partial charge in [0.1, 0.15) is 18.1 Å². The highest BCUT2D eigenvalue weighted by atomic mass is 16.4. The van der Waals surface area contributed by atoms with Gasteiger partial charge < -0.3 is 36.5 Å². The van der Waals surface area contributed by atoms with E-state index in [9.17, 15) is 29.4 Å². The predicted molar refractivity (Wildman–Crippen MR) is 118 cm³/mol. The SMILES string of the molecule is CC(C)C[C@H](NC(=O)[C@@H](NC(=O)[C@@H](N)Cc1cnc[nH]1)[C@@H](C)O)C(=O)N1CCC[C@H]1C(=O)O. The Bertz CT molecular complexity index is 827. The number of hydrogen-bond acceptors (Lipinski definition) is 7. The highest BCUT2D eigenvalue weighted by Crippen LogP contribution is 2.20. The number of likely N-dealkylation sites (tertiary alicyclic amines) is 1. The Morgan fingerprint density at radius 1 is 1.24 bits per heavy atom. The minimum absolute atomic E-state index is 0.0209. The molecule has 7 N–H and O–H groups in total. The number of aromatic nitrogens is 2. The van der Waals surface area contributed by atoms with Crippen LogP contribution in [0.4, 0.5) is 0 Å².